The molecular formula is C20H24FN3O3. The molecule has 0 spiro atoms. The average Bonchev–Trinajstić information content (AvgIpc) is 2.70. The normalized spacial score (nSPS) is 16.8. The Kier molecular flexibility index (Phi) is 6.59. The zero-order valence-corrected chi connectivity index (χ0v) is 15.4. The summed E-state index contributed by atoms with van der Waals surface area (Å²) in [5.41, 5.74) is 0.462. The van der Waals surface area contributed by atoms with Gasteiger partial charge in [-0.2, -0.15) is 0 Å². The third kappa shape index (κ3) is 5.40. The summed E-state index contributed by atoms with van der Waals surface area (Å²) < 4.78 is 24.5. The summed E-state index contributed by atoms with van der Waals surface area (Å²) in [6.45, 7) is 4.03. The van der Waals surface area contributed by atoms with E-state index >= 15 is 0 Å². The van der Waals surface area contributed by atoms with Crippen LogP contribution < -0.4 is 10.1 Å². The van der Waals surface area contributed by atoms with Crippen LogP contribution in [0.5, 0.6) is 11.6 Å². The largest absolute Gasteiger partial charge is 0.437 e. The van der Waals surface area contributed by atoms with Gasteiger partial charge in [-0.15, -0.1) is 0 Å². The Balaban J connectivity index is 1.64. The number of carbonyl (C=O) groups is 1. The highest BCUT2D eigenvalue weighted by Gasteiger charge is 2.24. The van der Waals surface area contributed by atoms with E-state index in [1.165, 1.54) is 24.3 Å². The van der Waals surface area contributed by atoms with Crippen LogP contribution in [-0.4, -0.2) is 41.7 Å². The molecule has 0 aliphatic carbocycles. The maximum Gasteiger partial charge on any atom is 0.322 e. The first-order chi connectivity index (χ1) is 13.2. The zero-order valence-electron chi connectivity index (χ0n) is 15.4. The first kappa shape index (κ1) is 19.1. The van der Waals surface area contributed by atoms with E-state index in [1.54, 1.807) is 23.2 Å². The van der Waals surface area contributed by atoms with Gasteiger partial charge in [-0.3, -0.25) is 0 Å². The third-order valence-corrected chi connectivity index (χ3v) is 4.26. The number of nitrogens with one attached hydrogen (secondary N) is 1. The molecule has 6 nitrogen and oxygen atoms in total. The molecule has 2 heterocycles. The van der Waals surface area contributed by atoms with E-state index in [0.29, 0.717) is 31.1 Å². The van der Waals surface area contributed by atoms with Crippen LogP contribution in [-0.2, 0) is 4.74 Å². The van der Waals surface area contributed by atoms with E-state index in [9.17, 15) is 9.18 Å². The molecule has 27 heavy (non-hydrogen) atoms. The van der Waals surface area contributed by atoms with Crippen LogP contribution in [0.4, 0.5) is 14.9 Å². The van der Waals surface area contributed by atoms with E-state index in [1.807, 2.05) is 0 Å². The Morgan fingerprint density at radius 1 is 1.33 bits per heavy atom. The number of nitrogens with zero attached hydrogens (tertiary/aromatic N) is 2. The highest BCUT2D eigenvalue weighted by atomic mass is 19.1. The van der Waals surface area contributed by atoms with Crippen LogP contribution >= 0.6 is 0 Å². The van der Waals surface area contributed by atoms with Crippen molar-refractivity contribution in [2.24, 2.45) is 0 Å². The van der Waals surface area contributed by atoms with Gasteiger partial charge in [-0.1, -0.05) is 6.92 Å². The van der Waals surface area contributed by atoms with Crippen molar-refractivity contribution in [3.05, 3.63) is 48.4 Å². The number of carbonyl (C=O) groups excluding carboxylic acids is 1. The van der Waals surface area contributed by atoms with Crippen molar-refractivity contribution in [1.82, 2.24) is 9.88 Å². The monoisotopic (exact) mass is 373 g/mol. The van der Waals surface area contributed by atoms with Crippen LogP contribution in [0.15, 0.2) is 42.6 Å². The Morgan fingerprint density at radius 3 is 2.93 bits per heavy atom. The highest BCUT2D eigenvalue weighted by Crippen LogP contribution is 2.27. The Hall–Kier alpha value is -2.67. The molecule has 1 aromatic carbocycles. The summed E-state index contributed by atoms with van der Waals surface area (Å²) in [6, 6.07) is 8.86. The lowest BCUT2D eigenvalue weighted by molar-refractivity contribution is 0.0115. The predicted octanol–water partition coefficient (Wildman–Crippen LogP) is 4.44. The molecule has 1 aromatic heterocycles. The number of amides is 2. The van der Waals surface area contributed by atoms with E-state index in [2.05, 4.69) is 17.2 Å². The number of hydrogen-bond acceptors (Lipinski definition) is 4. The standard InChI is InChI=1S/C20H24FN3O3/c1-2-13-26-17-5-4-12-24(14-17)20(25)23-18-6-3-11-22-19(18)27-16-9-7-15(21)8-10-16/h3,6-11,17H,2,4-5,12-14H2,1H3,(H,23,25). The lowest BCUT2D eigenvalue weighted by Crippen LogP contribution is -2.45. The second-order valence-corrected chi connectivity index (χ2v) is 6.42. The number of aromatic nitrogens is 1. The van der Waals surface area contributed by atoms with Crippen molar-refractivity contribution < 1.29 is 18.7 Å². The SMILES string of the molecule is CCCOC1CCCN(C(=O)Nc2cccnc2Oc2ccc(F)cc2)C1. The van der Waals surface area contributed by atoms with Crippen LogP contribution in [0.3, 0.4) is 0 Å². The number of benzene rings is 1. The number of halogens is 1. The van der Waals surface area contributed by atoms with Gasteiger partial charge in [0.15, 0.2) is 0 Å². The van der Waals surface area contributed by atoms with Gasteiger partial charge < -0.3 is 19.7 Å². The Labute approximate surface area is 158 Å². The Morgan fingerprint density at radius 2 is 2.15 bits per heavy atom. The molecule has 2 amide bonds. The number of urea groups is 1. The number of piperidine rings is 1. The molecule has 7 heteroatoms. The predicted molar refractivity (Wildman–Crippen MR) is 101 cm³/mol. The lowest BCUT2D eigenvalue weighted by Gasteiger charge is -2.32. The van der Waals surface area contributed by atoms with E-state index in [-0.39, 0.29) is 23.8 Å². The number of pyridine rings is 1. The Bertz CT molecular complexity index is 754. The molecule has 1 atom stereocenters. The summed E-state index contributed by atoms with van der Waals surface area (Å²) >= 11 is 0. The molecule has 1 N–H and O–H groups in total. The topological polar surface area (TPSA) is 63.7 Å². The maximum atomic E-state index is 13.0. The summed E-state index contributed by atoms with van der Waals surface area (Å²) in [7, 11) is 0. The van der Waals surface area contributed by atoms with Gasteiger partial charge in [0.2, 0.25) is 5.88 Å². The smallest absolute Gasteiger partial charge is 0.322 e. The molecule has 0 saturated carbocycles. The van der Waals surface area contributed by atoms with Gasteiger partial charge in [0.25, 0.3) is 0 Å². The van der Waals surface area contributed by atoms with Crippen molar-refractivity contribution in [2.45, 2.75) is 32.3 Å². The number of likely N-dealkylation sites (tertiary alicyclic amines) is 1. The van der Waals surface area contributed by atoms with Gasteiger partial charge >= 0.3 is 6.03 Å². The minimum absolute atomic E-state index is 0.0771. The second kappa shape index (κ2) is 9.32. The van der Waals surface area contributed by atoms with Crippen molar-refractivity contribution in [3.8, 4) is 11.6 Å². The molecule has 144 valence electrons. The number of hydrogen-bond donors (Lipinski definition) is 1. The van der Waals surface area contributed by atoms with E-state index < -0.39 is 0 Å². The fourth-order valence-electron chi connectivity index (χ4n) is 2.92. The summed E-state index contributed by atoms with van der Waals surface area (Å²) in [4.78, 5) is 18.6. The van der Waals surface area contributed by atoms with Gasteiger partial charge in [0.05, 0.1) is 6.10 Å². The van der Waals surface area contributed by atoms with Crippen molar-refractivity contribution >= 4 is 11.7 Å². The number of anilines is 1. The minimum Gasteiger partial charge on any atom is -0.437 e. The fraction of sp³-hybridized carbons (Fsp3) is 0.400. The zero-order chi connectivity index (χ0) is 19.1. The maximum absolute atomic E-state index is 13.0. The quantitative estimate of drug-likeness (QED) is 0.813. The van der Waals surface area contributed by atoms with E-state index in [0.717, 1.165) is 19.3 Å². The summed E-state index contributed by atoms with van der Waals surface area (Å²) in [5, 5.41) is 2.86. The minimum atomic E-state index is -0.346. The average molecular weight is 373 g/mol. The molecule has 1 fully saturated rings. The molecule has 1 unspecified atom stereocenters. The first-order valence-electron chi connectivity index (χ1n) is 9.21. The van der Waals surface area contributed by atoms with Crippen LogP contribution in [0.2, 0.25) is 0 Å². The molecule has 1 aliphatic heterocycles. The molecule has 3 rings (SSSR count). The second-order valence-electron chi connectivity index (χ2n) is 6.42. The van der Waals surface area contributed by atoms with Crippen LogP contribution in [0.25, 0.3) is 0 Å². The summed E-state index contributed by atoms with van der Waals surface area (Å²) in [6.07, 6.45) is 4.49. The molecule has 2 aromatic rings. The first-order valence-corrected chi connectivity index (χ1v) is 9.21. The van der Waals surface area contributed by atoms with Crippen molar-refractivity contribution in [3.63, 3.8) is 0 Å². The van der Waals surface area contributed by atoms with Gasteiger partial charge in [-0.25, -0.2) is 14.2 Å². The van der Waals surface area contributed by atoms with Gasteiger partial charge in [-0.05, 0) is 55.7 Å². The summed E-state index contributed by atoms with van der Waals surface area (Å²) in [5.74, 6) is 0.353. The number of ether oxygens (including phenoxy) is 2. The molecule has 1 aliphatic rings. The van der Waals surface area contributed by atoms with Gasteiger partial charge in [0.1, 0.15) is 17.3 Å². The van der Waals surface area contributed by atoms with Crippen LogP contribution in [0, 0.1) is 5.82 Å². The third-order valence-electron chi connectivity index (χ3n) is 4.26. The lowest BCUT2D eigenvalue weighted by atomic mass is 10.1. The van der Waals surface area contributed by atoms with Gasteiger partial charge in [0, 0.05) is 25.9 Å². The molecule has 0 bridgehead atoms. The molecule has 0 radical (unpaired) electrons. The highest BCUT2D eigenvalue weighted by molar-refractivity contribution is 5.90. The molecular weight excluding hydrogens is 349 g/mol. The molecule has 1 saturated heterocycles. The fourth-order valence-corrected chi connectivity index (χ4v) is 2.92. The van der Waals surface area contributed by atoms with Crippen molar-refractivity contribution in [2.75, 3.05) is 25.0 Å². The number of rotatable bonds is 6. The van der Waals surface area contributed by atoms with Crippen molar-refractivity contribution in [1.29, 1.82) is 0 Å². The van der Waals surface area contributed by atoms with Crippen LogP contribution in [0.1, 0.15) is 26.2 Å². The van der Waals surface area contributed by atoms with E-state index in [4.69, 9.17) is 9.47 Å².